The molecule has 1 heterocycles. The van der Waals surface area contributed by atoms with Crippen LogP contribution in [0.4, 0.5) is 0 Å². The highest BCUT2D eigenvalue weighted by Crippen LogP contribution is 2.70. The first-order valence-electron chi connectivity index (χ1n) is 13.1. The van der Waals surface area contributed by atoms with Gasteiger partial charge in [0.2, 0.25) is 0 Å². The van der Waals surface area contributed by atoms with E-state index in [2.05, 4.69) is 6.92 Å². The van der Waals surface area contributed by atoms with Gasteiger partial charge in [0.25, 0.3) is 10.1 Å². The van der Waals surface area contributed by atoms with E-state index in [0.29, 0.717) is 44.9 Å². The SMILES string of the molecule is CC(=O)O[C@H]1CC[C@]2(COS(C)(=O)=O)[C@@H]3CC[C@@]4(C)[C@H](C5=CC(=O)OC5)CC[C@]4(O)[C@H]3CC[C@@]2(O)C1. The van der Waals surface area contributed by atoms with Crippen LogP contribution in [-0.4, -0.2) is 67.3 Å². The third-order valence-corrected chi connectivity index (χ3v) is 11.2. The molecular weight excluding hydrogens is 488 g/mol. The fourth-order valence-corrected chi connectivity index (χ4v) is 9.44. The second-order valence-electron chi connectivity index (χ2n) is 12.2. The van der Waals surface area contributed by atoms with Crippen LogP contribution in [0.25, 0.3) is 0 Å². The highest BCUT2D eigenvalue weighted by Gasteiger charge is 2.71. The summed E-state index contributed by atoms with van der Waals surface area (Å²) in [6.07, 6.45) is 7.01. The summed E-state index contributed by atoms with van der Waals surface area (Å²) < 4.78 is 40.2. The smallest absolute Gasteiger partial charge is 0.331 e. The molecule has 0 bridgehead atoms. The summed E-state index contributed by atoms with van der Waals surface area (Å²) in [7, 11) is -3.76. The minimum absolute atomic E-state index is 0.0404. The van der Waals surface area contributed by atoms with Crippen molar-refractivity contribution in [1.82, 2.24) is 0 Å². The lowest BCUT2D eigenvalue weighted by Crippen LogP contribution is -2.69. The first-order chi connectivity index (χ1) is 16.7. The molecule has 0 amide bonds. The summed E-state index contributed by atoms with van der Waals surface area (Å²) >= 11 is 0. The molecule has 202 valence electrons. The fourth-order valence-electron chi connectivity index (χ4n) is 9.02. The Morgan fingerprint density at radius 3 is 2.47 bits per heavy atom. The van der Waals surface area contributed by atoms with Crippen LogP contribution in [0, 0.1) is 28.6 Å². The normalized spacial score (nSPS) is 46.2. The van der Waals surface area contributed by atoms with Crippen molar-refractivity contribution in [3.05, 3.63) is 11.6 Å². The molecule has 0 saturated heterocycles. The van der Waals surface area contributed by atoms with Crippen LogP contribution in [0.15, 0.2) is 11.6 Å². The molecule has 0 radical (unpaired) electrons. The molecule has 5 aliphatic rings. The van der Waals surface area contributed by atoms with Gasteiger partial charge in [-0.05, 0) is 74.7 Å². The van der Waals surface area contributed by atoms with Gasteiger partial charge >= 0.3 is 11.9 Å². The average molecular weight is 527 g/mol. The Morgan fingerprint density at radius 2 is 1.83 bits per heavy atom. The number of carbonyl (C=O) groups is 2. The summed E-state index contributed by atoms with van der Waals surface area (Å²) in [4.78, 5) is 23.4. The largest absolute Gasteiger partial charge is 0.462 e. The minimum Gasteiger partial charge on any atom is -0.462 e. The van der Waals surface area contributed by atoms with Crippen LogP contribution >= 0.6 is 0 Å². The zero-order valence-electron chi connectivity index (χ0n) is 21.3. The third-order valence-electron chi connectivity index (χ3n) is 10.6. The Labute approximate surface area is 212 Å². The predicted molar refractivity (Wildman–Crippen MR) is 128 cm³/mol. The molecule has 0 aromatic carbocycles. The maximum Gasteiger partial charge on any atom is 0.331 e. The van der Waals surface area contributed by atoms with Gasteiger partial charge in [-0.3, -0.25) is 8.98 Å². The number of rotatable bonds is 5. The number of hydrogen-bond acceptors (Lipinski definition) is 9. The minimum atomic E-state index is -3.76. The van der Waals surface area contributed by atoms with Gasteiger partial charge in [-0.1, -0.05) is 6.92 Å². The van der Waals surface area contributed by atoms with Crippen molar-refractivity contribution in [3.8, 4) is 0 Å². The molecule has 9 nitrogen and oxygen atoms in total. The van der Waals surface area contributed by atoms with Crippen molar-refractivity contribution in [3.63, 3.8) is 0 Å². The van der Waals surface area contributed by atoms with Crippen LogP contribution < -0.4 is 0 Å². The molecule has 0 unspecified atom stereocenters. The molecule has 4 saturated carbocycles. The Hall–Kier alpha value is -1.49. The van der Waals surface area contributed by atoms with E-state index in [1.165, 1.54) is 6.92 Å². The van der Waals surface area contributed by atoms with E-state index in [4.69, 9.17) is 13.7 Å². The molecule has 0 aromatic rings. The average Bonchev–Trinajstić information content (AvgIpc) is 3.31. The summed E-state index contributed by atoms with van der Waals surface area (Å²) in [6.45, 7) is 3.58. The maximum absolute atomic E-state index is 12.4. The molecule has 1 aliphatic heterocycles. The van der Waals surface area contributed by atoms with Gasteiger partial charge in [0.1, 0.15) is 12.7 Å². The third kappa shape index (κ3) is 3.85. The predicted octanol–water partition coefficient (Wildman–Crippen LogP) is 2.25. The van der Waals surface area contributed by atoms with Crippen molar-refractivity contribution in [2.75, 3.05) is 19.5 Å². The van der Waals surface area contributed by atoms with Crippen molar-refractivity contribution < 1.29 is 41.9 Å². The van der Waals surface area contributed by atoms with Gasteiger partial charge in [0.05, 0.1) is 24.1 Å². The van der Waals surface area contributed by atoms with Gasteiger partial charge in [0, 0.05) is 30.3 Å². The lowest BCUT2D eigenvalue weighted by atomic mass is 9.41. The highest BCUT2D eigenvalue weighted by molar-refractivity contribution is 7.85. The van der Waals surface area contributed by atoms with E-state index in [1.807, 2.05) is 0 Å². The second-order valence-corrected chi connectivity index (χ2v) is 13.8. The molecule has 0 spiro atoms. The lowest BCUT2D eigenvalue weighted by molar-refractivity contribution is -0.268. The van der Waals surface area contributed by atoms with Crippen molar-refractivity contribution in [2.45, 2.75) is 88.9 Å². The molecule has 5 rings (SSSR count). The second kappa shape index (κ2) is 8.51. The molecule has 4 aliphatic carbocycles. The number of ether oxygens (including phenoxy) is 2. The zero-order chi connectivity index (χ0) is 26.1. The molecule has 2 N–H and O–H groups in total. The van der Waals surface area contributed by atoms with Gasteiger partial charge in [-0.25, -0.2) is 4.79 Å². The Bertz CT molecular complexity index is 1080. The maximum atomic E-state index is 12.4. The van der Waals surface area contributed by atoms with Gasteiger partial charge < -0.3 is 19.7 Å². The van der Waals surface area contributed by atoms with Crippen LogP contribution in [0.3, 0.4) is 0 Å². The molecule has 10 heteroatoms. The molecular formula is C26H38O9S. The van der Waals surface area contributed by atoms with E-state index >= 15 is 0 Å². The van der Waals surface area contributed by atoms with Crippen molar-refractivity contribution in [2.24, 2.45) is 28.6 Å². The Morgan fingerprint density at radius 1 is 1.11 bits per heavy atom. The number of esters is 2. The van der Waals surface area contributed by atoms with Gasteiger partial charge in [-0.2, -0.15) is 8.42 Å². The lowest BCUT2D eigenvalue weighted by Gasteiger charge is -2.66. The van der Waals surface area contributed by atoms with Crippen LogP contribution in [0.1, 0.15) is 71.6 Å². The fraction of sp³-hybridized carbons (Fsp3) is 0.846. The summed E-state index contributed by atoms with van der Waals surface area (Å²) in [5, 5.41) is 24.5. The Kier molecular flexibility index (Phi) is 6.18. The van der Waals surface area contributed by atoms with Crippen molar-refractivity contribution in [1.29, 1.82) is 0 Å². The first-order valence-corrected chi connectivity index (χ1v) is 14.9. The van der Waals surface area contributed by atoms with Gasteiger partial charge in [-0.15, -0.1) is 0 Å². The number of aliphatic hydroxyl groups is 2. The van der Waals surface area contributed by atoms with Gasteiger partial charge in [0.15, 0.2) is 0 Å². The number of carbonyl (C=O) groups excluding carboxylic acids is 2. The van der Waals surface area contributed by atoms with E-state index in [-0.39, 0.29) is 43.4 Å². The molecule has 8 atom stereocenters. The topological polar surface area (TPSA) is 136 Å². The van der Waals surface area contributed by atoms with E-state index < -0.39 is 44.2 Å². The van der Waals surface area contributed by atoms with Crippen LogP contribution in [0.5, 0.6) is 0 Å². The number of fused-ring (bicyclic) bond motifs is 5. The van der Waals surface area contributed by atoms with Crippen molar-refractivity contribution >= 4 is 22.1 Å². The summed E-state index contributed by atoms with van der Waals surface area (Å²) in [6, 6.07) is 0. The Balaban J connectivity index is 1.50. The highest BCUT2D eigenvalue weighted by atomic mass is 32.2. The first kappa shape index (κ1) is 26.1. The van der Waals surface area contributed by atoms with E-state index in [0.717, 1.165) is 18.2 Å². The van der Waals surface area contributed by atoms with Crippen LogP contribution in [0.2, 0.25) is 0 Å². The van der Waals surface area contributed by atoms with E-state index in [9.17, 15) is 28.2 Å². The van der Waals surface area contributed by atoms with E-state index in [1.54, 1.807) is 6.08 Å². The number of hydrogen-bond donors (Lipinski definition) is 2. The standard InChI is InChI=1S/C26H38O9S/c1-16(27)35-18-4-9-24(15-34-36(3,31)32)20-5-8-23(2)19(17-12-22(28)33-14-17)7-11-26(23,30)21(20)6-10-25(24,29)13-18/h12,18-21,29-30H,4-11,13-15H2,1-3H3/t18-,19-,20+,21-,23-,24-,25+,26-/m0/s1. The number of cyclic esters (lactones) is 1. The quantitative estimate of drug-likeness (QED) is 0.408. The molecule has 4 fully saturated rings. The monoisotopic (exact) mass is 526 g/mol. The zero-order valence-corrected chi connectivity index (χ0v) is 22.1. The summed E-state index contributed by atoms with van der Waals surface area (Å²) in [5.74, 6) is -0.988. The van der Waals surface area contributed by atoms with Crippen LogP contribution in [-0.2, 0) is 33.4 Å². The molecule has 0 aromatic heterocycles. The summed E-state index contributed by atoms with van der Waals surface area (Å²) in [5.41, 5.74) is -2.67. The molecule has 36 heavy (non-hydrogen) atoms.